The second kappa shape index (κ2) is 10.3. The molecule has 1 aromatic rings. The number of quaternary nitrogens is 1. The van der Waals surface area contributed by atoms with E-state index in [2.05, 4.69) is 24.5 Å². The summed E-state index contributed by atoms with van der Waals surface area (Å²) in [5, 5.41) is 5.96. The molecule has 1 heterocycles. The standard InChI is InChI=1S/C21H33N3O4/c1-14(2)21(16-7-8-17-18(11-16)28-10-6-9-27-17)23-20(26)13-24(5)12-19(25)22-15(3)4/h7-8,11,14-15,21H,6,9-10,12-13H2,1-5H3,(H,22,25)(H,23,26)/p+1/t21-/m0/s1. The van der Waals surface area contributed by atoms with Crippen molar-refractivity contribution in [3.8, 4) is 11.5 Å². The summed E-state index contributed by atoms with van der Waals surface area (Å²) in [4.78, 5) is 25.3. The lowest BCUT2D eigenvalue weighted by atomic mass is 9.95. The summed E-state index contributed by atoms with van der Waals surface area (Å²) in [7, 11) is 1.84. The number of benzene rings is 1. The van der Waals surface area contributed by atoms with Gasteiger partial charge in [0.2, 0.25) is 0 Å². The number of likely N-dealkylation sites (N-methyl/N-ethyl adjacent to an activating group) is 1. The molecule has 1 aromatic carbocycles. The van der Waals surface area contributed by atoms with E-state index in [0.717, 1.165) is 28.4 Å². The molecule has 0 aromatic heterocycles. The Labute approximate surface area is 167 Å². The minimum atomic E-state index is -0.137. The van der Waals surface area contributed by atoms with Crippen LogP contribution in [0.2, 0.25) is 0 Å². The van der Waals surface area contributed by atoms with Crippen molar-refractivity contribution in [3.05, 3.63) is 23.8 Å². The lowest BCUT2D eigenvalue weighted by molar-refractivity contribution is -0.862. The maximum absolute atomic E-state index is 12.6. The normalized spacial score (nSPS) is 15.7. The molecule has 1 aliphatic rings. The summed E-state index contributed by atoms with van der Waals surface area (Å²) in [5.74, 6) is 1.54. The maximum Gasteiger partial charge on any atom is 0.275 e. The van der Waals surface area contributed by atoms with Crippen molar-refractivity contribution < 1.29 is 24.0 Å². The van der Waals surface area contributed by atoms with Gasteiger partial charge in [-0.25, -0.2) is 0 Å². The molecule has 0 radical (unpaired) electrons. The van der Waals surface area contributed by atoms with Crippen LogP contribution < -0.4 is 25.0 Å². The first kappa shape index (κ1) is 22.0. The SMILES string of the molecule is CC(C)NC(=O)C[NH+](C)CC(=O)N[C@H](c1ccc2c(c1)OCCCO2)C(C)C. The topological polar surface area (TPSA) is 81.1 Å². The van der Waals surface area contributed by atoms with E-state index in [9.17, 15) is 9.59 Å². The summed E-state index contributed by atoms with van der Waals surface area (Å²) >= 11 is 0. The molecule has 28 heavy (non-hydrogen) atoms. The van der Waals surface area contributed by atoms with E-state index >= 15 is 0 Å². The van der Waals surface area contributed by atoms with Gasteiger partial charge in [0, 0.05) is 12.5 Å². The number of hydrogen-bond acceptors (Lipinski definition) is 4. The molecule has 0 saturated heterocycles. The molecule has 7 heteroatoms. The smallest absolute Gasteiger partial charge is 0.275 e. The first-order chi connectivity index (χ1) is 13.3. The van der Waals surface area contributed by atoms with Crippen molar-refractivity contribution in [3.63, 3.8) is 0 Å². The van der Waals surface area contributed by atoms with Gasteiger partial charge in [0.25, 0.3) is 11.8 Å². The van der Waals surface area contributed by atoms with Crippen LogP contribution in [-0.2, 0) is 9.59 Å². The van der Waals surface area contributed by atoms with Gasteiger partial charge in [0.05, 0.1) is 26.3 Å². The monoisotopic (exact) mass is 392 g/mol. The molecule has 0 saturated carbocycles. The van der Waals surface area contributed by atoms with Crippen molar-refractivity contribution in [2.45, 2.75) is 46.2 Å². The zero-order valence-corrected chi connectivity index (χ0v) is 17.6. The van der Waals surface area contributed by atoms with Crippen LogP contribution >= 0.6 is 0 Å². The van der Waals surface area contributed by atoms with Crippen molar-refractivity contribution in [1.29, 1.82) is 0 Å². The highest BCUT2D eigenvalue weighted by atomic mass is 16.5. The Bertz CT molecular complexity index is 676. The Morgan fingerprint density at radius 2 is 1.61 bits per heavy atom. The van der Waals surface area contributed by atoms with Crippen molar-refractivity contribution in [1.82, 2.24) is 10.6 Å². The molecular formula is C21H34N3O4+. The molecule has 0 fully saturated rings. The average molecular weight is 393 g/mol. The quantitative estimate of drug-likeness (QED) is 0.608. The first-order valence-electron chi connectivity index (χ1n) is 10.1. The zero-order valence-electron chi connectivity index (χ0n) is 17.6. The van der Waals surface area contributed by atoms with Crippen LogP contribution in [0.4, 0.5) is 0 Å². The highest BCUT2D eigenvalue weighted by molar-refractivity contribution is 5.79. The second-order valence-corrected chi connectivity index (χ2v) is 8.08. The molecule has 2 amide bonds. The van der Waals surface area contributed by atoms with Gasteiger partial charge in [-0.1, -0.05) is 19.9 Å². The van der Waals surface area contributed by atoms with E-state index in [1.54, 1.807) is 0 Å². The first-order valence-corrected chi connectivity index (χ1v) is 10.1. The van der Waals surface area contributed by atoms with Crippen LogP contribution in [-0.4, -0.2) is 51.2 Å². The molecule has 156 valence electrons. The van der Waals surface area contributed by atoms with Gasteiger partial charge in [-0.15, -0.1) is 0 Å². The van der Waals surface area contributed by atoms with Gasteiger partial charge < -0.3 is 25.0 Å². The second-order valence-electron chi connectivity index (χ2n) is 8.08. The van der Waals surface area contributed by atoms with Gasteiger partial charge in [-0.2, -0.15) is 0 Å². The molecule has 2 rings (SSSR count). The Hall–Kier alpha value is -2.28. The van der Waals surface area contributed by atoms with Crippen LogP contribution in [0.15, 0.2) is 18.2 Å². The predicted molar refractivity (Wildman–Crippen MR) is 108 cm³/mol. The van der Waals surface area contributed by atoms with Gasteiger partial charge in [-0.05, 0) is 37.5 Å². The Kier molecular flexibility index (Phi) is 8.11. The van der Waals surface area contributed by atoms with Crippen LogP contribution in [0.3, 0.4) is 0 Å². The third-order valence-corrected chi connectivity index (χ3v) is 4.49. The van der Waals surface area contributed by atoms with Crippen LogP contribution in [0.1, 0.15) is 45.7 Å². The van der Waals surface area contributed by atoms with E-state index in [1.165, 1.54) is 0 Å². The number of rotatable bonds is 8. The van der Waals surface area contributed by atoms with E-state index in [1.807, 2.05) is 39.1 Å². The number of fused-ring (bicyclic) bond motifs is 1. The van der Waals surface area contributed by atoms with Crippen LogP contribution in [0.25, 0.3) is 0 Å². The third-order valence-electron chi connectivity index (χ3n) is 4.49. The van der Waals surface area contributed by atoms with E-state index in [-0.39, 0.29) is 42.9 Å². The van der Waals surface area contributed by atoms with Gasteiger partial charge >= 0.3 is 0 Å². The molecule has 1 aliphatic heterocycles. The minimum Gasteiger partial charge on any atom is -0.490 e. The molecule has 3 N–H and O–H groups in total. The minimum absolute atomic E-state index is 0.0522. The lowest BCUT2D eigenvalue weighted by Crippen LogP contribution is -3.11. The Morgan fingerprint density at radius 3 is 2.21 bits per heavy atom. The van der Waals surface area contributed by atoms with Crippen molar-refractivity contribution in [2.75, 3.05) is 33.4 Å². The molecule has 0 aliphatic carbocycles. The predicted octanol–water partition coefficient (Wildman–Crippen LogP) is 0.701. The maximum atomic E-state index is 12.6. The van der Waals surface area contributed by atoms with Gasteiger partial charge in [0.15, 0.2) is 24.6 Å². The fourth-order valence-corrected chi connectivity index (χ4v) is 3.22. The largest absolute Gasteiger partial charge is 0.490 e. The summed E-state index contributed by atoms with van der Waals surface area (Å²) in [6.07, 6.45) is 0.855. The van der Waals surface area contributed by atoms with Crippen LogP contribution in [0.5, 0.6) is 11.5 Å². The number of carbonyl (C=O) groups excluding carboxylic acids is 2. The fraction of sp³-hybridized carbons (Fsp3) is 0.619. The van der Waals surface area contributed by atoms with Crippen LogP contribution in [0, 0.1) is 5.92 Å². The number of hydrogen-bond donors (Lipinski definition) is 3. The Balaban J connectivity index is 1.99. The summed E-state index contributed by atoms with van der Waals surface area (Å²) in [5.41, 5.74) is 0.989. The highest BCUT2D eigenvalue weighted by Gasteiger charge is 2.23. The Morgan fingerprint density at radius 1 is 1.00 bits per heavy atom. The number of carbonyl (C=O) groups is 2. The molecule has 7 nitrogen and oxygen atoms in total. The highest BCUT2D eigenvalue weighted by Crippen LogP contribution is 2.34. The third kappa shape index (κ3) is 6.71. The van der Waals surface area contributed by atoms with Gasteiger partial charge in [-0.3, -0.25) is 9.59 Å². The molecule has 0 bridgehead atoms. The fourth-order valence-electron chi connectivity index (χ4n) is 3.22. The van der Waals surface area contributed by atoms with E-state index in [4.69, 9.17) is 9.47 Å². The van der Waals surface area contributed by atoms with Crippen molar-refractivity contribution >= 4 is 11.8 Å². The summed E-state index contributed by atoms with van der Waals surface area (Å²) < 4.78 is 11.5. The molecule has 2 atom stereocenters. The zero-order chi connectivity index (χ0) is 20.7. The average Bonchev–Trinajstić information content (AvgIpc) is 2.83. The summed E-state index contributed by atoms with van der Waals surface area (Å²) in [6, 6.07) is 5.80. The van der Waals surface area contributed by atoms with E-state index < -0.39 is 0 Å². The number of nitrogens with one attached hydrogen (secondary N) is 3. The number of amides is 2. The molecule has 0 spiro atoms. The van der Waals surface area contributed by atoms with E-state index in [0.29, 0.717) is 13.2 Å². The number of ether oxygens (including phenoxy) is 2. The summed E-state index contributed by atoms with van der Waals surface area (Å²) in [6.45, 7) is 9.76. The van der Waals surface area contributed by atoms with Gasteiger partial charge in [0.1, 0.15) is 0 Å². The molecule has 1 unspecified atom stereocenters. The molecular weight excluding hydrogens is 358 g/mol. The lowest BCUT2D eigenvalue weighted by Gasteiger charge is -2.24. The van der Waals surface area contributed by atoms with Crippen molar-refractivity contribution in [2.24, 2.45) is 5.92 Å².